The van der Waals surface area contributed by atoms with E-state index in [2.05, 4.69) is 0 Å². The number of carbonyl (C=O) groups is 1. The van der Waals surface area contributed by atoms with E-state index in [4.69, 9.17) is 16.3 Å². The zero-order valence-corrected chi connectivity index (χ0v) is 10.3. The highest BCUT2D eigenvalue weighted by Crippen LogP contribution is 2.27. The Kier molecular flexibility index (Phi) is 4.99. The SMILES string of the molecule is CCC(Sc1cccc(Cl)c1)C(=O)OC. The summed E-state index contributed by atoms with van der Waals surface area (Å²) in [5.74, 6) is -0.192. The lowest BCUT2D eigenvalue weighted by Gasteiger charge is -2.11. The molecule has 15 heavy (non-hydrogen) atoms. The fourth-order valence-corrected chi connectivity index (χ4v) is 2.43. The van der Waals surface area contributed by atoms with Gasteiger partial charge < -0.3 is 4.74 Å². The molecule has 0 aliphatic heterocycles. The van der Waals surface area contributed by atoms with E-state index in [9.17, 15) is 4.79 Å². The second-order valence-corrected chi connectivity index (χ2v) is 4.71. The molecular weight excluding hydrogens is 232 g/mol. The molecular formula is C11H13ClO2S. The summed E-state index contributed by atoms with van der Waals surface area (Å²) in [4.78, 5) is 12.3. The van der Waals surface area contributed by atoms with Crippen molar-refractivity contribution < 1.29 is 9.53 Å². The third-order valence-corrected chi connectivity index (χ3v) is 3.48. The van der Waals surface area contributed by atoms with E-state index >= 15 is 0 Å². The number of hydrogen-bond donors (Lipinski definition) is 0. The van der Waals surface area contributed by atoms with Gasteiger partial charge in [-0.15, -0.1) is 11.8 Å². The first-order valence-electron chi connectivity index (χ1n) is 4.67. The molecule has 0 saturated heterocycles. The first-order chi connectivity index (χ1) is 7.17. The number of carbonyl (C=O) groups excluding carboxylic acids is 1. The molecule has 0 heterocycles. The second-order valence-electron chi connectivity index (χ2n) is 3.00. The summed E-state index contributed by atoms with van der Waals surface area (Å²) < 4.78 is 4.71. The maximum atomic E-state index is 11.4. The average molecular weight is 245 g/mol. The predicted molar refractivity (Wildman–Crippen MR) is 63.4 cm³/mol. The van der Waals surface area contributed by atoms with Crippen molar-refractivity contribution in [3.63, 3.8) is 0 Å². The molecule has 82 valence electrons. The van der Waals surface area contributed by atoms with Crippen molar-refractivity contribution in [3.8, 4) is 0 Å². The Balaban J connectivity index is 2.70. The minimum absolute atomic E-state index is 0.159. The number of halogens is 1. The van der Waals surface area contributed by atoms with E-state index in [0.29, 0.717) is 5.02 Å². The highest BCUT2D eigenvalue weighted by molar-refractivity contribution is 8.00. The molecule has 1 aromatic carbocycles. The Morgan fingerprint density at radius 2 is 2.33 bits per heavy atom. The molecule has 0 amide bonds. The minimum Gasteiger partial charge on any atom is -0.468 e. The molecule has 0 fully saturated rings. The highest BCUT2D eigenvalue weighted by atomic mass is 35.5. The summed E-state index contributed by atoms with van der Waals surface area (Å²) in [5, 5.41) is 0.521. The fourth-order valence-electron chi connectivity index (χ4n) is 1.13. The van der Waals surface area contributed by atoms with E-state index in [-0.39, 0.29) is 11.2 Å². The lowest BCUT2D eigenvalue weighted by atomic mass is 10.3. The van der Waals surface area contributed by atoms with Gasteiger partial charge >= 0.3 is 5.97 Å². The van der Waals surface area contributed by atoms with Crippen LogP contribution in [0.1, 0.15) is 13.3 Å². The Morgan fingerprint density at radius 1 is 1.60 bits per heavy atom. The van der Waals surface area contributed by atoms with Gasteiger partial charge in [0.2, 0.25) is 0 Å². The summed E-state index contributed by atoms with van der Waals surface area (Å²) in [6.45, 7) is 1.96. The van der Waals surface area contributed by atoms with Gasteiger partial charge in [-0.3, -0.25) is 4.79 Å². The topological polar surface area (TPSA) is 26.3 Å². The molecule has 0 radical (unpaired) electrons. The maximum absolute atomic E-state index is 11.4. The lowest BCUT2D eigenvalue weighted by molar-refractivity contribution is -0.140. The van der Waals surface area contributed by atoms with Crippen LogP contribution in [0.2, 0.25) is 5.02 Å². The van der Waals surface area contributed by atoms with Crippen molar-refractivity contribution >= 4 is 29.3 Å². The highest BCUT2D eigenvalue weighted by Gasteiger charge is 2.18. The molecule has 1 rings (SSSR count). The third kappa shape index (κ3) is 3.76. The van der Waals surface area contributed by atoms with Crippen LogP contribution in [0.4, 0.5) is 0 Å². The van der Waals surface area contributed by atoms with Gasteiger partial charge in [0.05, 0.1) is 7.11 Å². The summed E-state index contributed by atoms with van der Waals surface area (Å²) in [6, 6.07) is 7.46. The van der Waals surface area contributed by atoms with Crippen molar-refractivity contribution in [1.29, 1.82) is 0 Å². The number of thioether (sulfide) groups is 1. The predicted octanol–water partition coefficient (Wildman–Crippen LogP) is 3.38. The maximum Gasteiger partial charge on any atom is 0.319 e. The standard InChI is InChI=1S/C11H13ClO2S/c1-3-10(11(13)14-2)15-9-6-4-5-8(12)7-9/h4-7,10H,3H2,1-2H3. The van der Waals surface area contributed by atoms with Crippen LogP contribution in [-0.4, -0.2) is 18.3 Å². The largest absolute Gasteiger partial charge is 0.468 e. The van der Waals surface area contributed by atoms with Crippen LogP contribution >= 0.6 is 23.4 Å². The van der Waals surface area contributed by atoms with Gasteiger partial charge in [0.15, 0.2) is 0 Å². The zero-order valence-electron chi connectivity index (χ0n) is 8.70. The van der Waals surface area contributed by atoms with Crippen LogP contribution in [0.5, 0.6) is 0 Å². The minimum atomic E-state index is -0.192. The molecule has 0 saturated carbocycles. The van der Waals surface area contributed by atoms with Gasteiger partial charge in [-0.25, -0.2) is 0 Å². The van der Waals surface area contributed by atoms with Gasteiger partial charge in [0, 0.05) is 9.92 Å². The number of ether oxygens (including phenoxy) is 1. The van der Waals surface area contributed by atoms with Gasteiger partial charge in [0.1, 0.15) is 5.25 Å². The fraction of sp³-hybridized carbons (Fsp3) is 0.364. The molecule has 0 bridgehead atoms. The second kappa shape index (κ2) is 6.03. The quantitative estimate of drug-likeness (QED) is 0.600. The number of hydrogen-bond acceptors (Lipinski definition) is 3. The van der Waals surface area contributed by atoms with Gasteiger partial charge in [-0.2, -0.15) is 0 Å². The van der Waals surface area contributed by atoms with Crippen molar-refractivity contribution in [2.45, 2.75) is 23.5 Å². The molecule has 0 aliphatic rings. The Labute approximate surface area is 99.0 Å². The molecule has 0 aromatic heterocycles. The smallest absolute Gasteiger partial charge is 0.319 e. The van der Waals surface area contributed by atoms with E-state index in [1.165, 1.54) is 18.9 Å². The first kappa shape index (κ1) is 12.4. The van der Waals surface area contributed by atoms with E-state index < -0.39 is 0 Å². The summed E-state index contributed by atoms with van der Waals surface area (Å²) >= 11 is 7.33. The Bertz CT molecular complexity index is 341. The van der Waals surface area contributed by atoms with E-state index in [0.717, 1.165) is 11.3 Å². The summed E-state index contributed by atoms with van der Waals surface area (Å²) in [5.41, 5.74) is 0. The molecule has 0 spiro atoms. The van der Waals surface area contributed by atoms with Crippen LogP contribution in [0.3, 0.4) is 0 Å². The molecule has 1 atom stereocenters. The third-order valence-electron chi connectivity index (χ3n) is 1.91. The van der Waals surface area contributed by atoms with Crippen LogP contribution in [-0.2, 0) is 9.53 Å². The van der Waals surface area contributed by atoms with Crippen molar-refractivity contribution in [2.24, 2.45) is 0 Å². The summed E-state index contributed by atoms with van der Waals surface area (Å²) in [7, 11) is 1.41. The Hall–Kier alpha value is -0.670. The molecule has 2 nitrogen and oxygen atoms in total. The molecule has 4 heteroatoms. The van der Waals surface area contributed by atoms with Gasteiger partial charge in [-0.05, 0) is 24.6 Å². The van der Waals surface area contributed by atoms with E-state index in [1.807, 2.05) is 31.2 Å². The Morgan fingerprint density at radius 3 is 2.87 bits per heavy atom. The molecule has 1 unspecified atom stereocenters. The normalized spacial score (nSPS) is 12.2. The van der Waals surface area contributed by atoms with Crippen molar-refractivity contribution in [1.82, 2.24) is 0 Å². The molecule has 0 N–H and O–H groups in total. The van der Waals surface area contributed by atoms with Gasteiger partial charge in [-0.1, -0.05) is 24.6 Å². The molecule has 0 aliphatic carbocycles. The number of esters is 1. The van der Waals surface area contributed by atoms with Crippen molar-refractivity contribution in [2.75, 3.05) is 7.11 Å². The first-order valence-corrected chi connectivity index (χ1v) is 5.93. The van der Waals surface area contributed by atoms with E-state index in [1.54, 1.807) is 0 Å². The molecule has 1 aromatic rings. The van der Waals surface area contributed by atoms with Crippen LogP contribution in [0.15, 0.2) is 29.2 Å². The monoisotopic (exact) mass is 244 g/mol. The number of methoxy groups -OCH3 is 1. The average Bonchev–Trinajstić information content (AvgIpc) is 2.25. The summed E-state index contributed by atoms with van der Waals surface area (Å²) in [6.07, 6.45) is 0.740. The van der Waals surface area contributed by atoms with Crippen LogP contribution < -0.4 is 0 Å². The van der Waals surface area contributed by atoms with Gasteiger partial charge in [0.25, 0.3) is 0 Å². The van der Waals surface area contributed by atoms with Crippen molar-refractivity contribution in [3.05, 3.63) is 29.3 Å². The lowest BCUT2D eigenvalue weighted by Crippen LogP contribution is -2.17. The number of benzene rings is 1. The van der Waals surface area contributed by atoms with Crippen LogP contribution in [0.25, 0.3) is 0 Å². The van der Waals surface area contributed by atoms with Crippen LogP contribution in [0, 0.1) is 0 Å². The number of rotatable bonds is 4. The zero-order chi connectivity index (χ0) is 11.3.